The van der Waals surface area contributed by atoms with E-state index < -0.39 is 57.3 Å². The Morgan fingerprint density at radius 3 is 1.28 bits per heavy atom. The number of hydrogen-bond donors (Lipinski definition) is 2. The van der Waals surface area contributed by atoms with Crippen LogP contribution >= 0.6 is 0 Å². The maximum Gasteiger partial charge on any atom is 0.264 e. The standard InChI is InChI=1S/C20H24N2O8S2/c1-31(25,26)29-13-17(21-19(23)15-9-5-3-6-10-15)18(14-30-32(2,27)28)22-20(24)16-11-7-4-8-12-16/h3-12,17-18H,13-14H2,1-2H3,(H,21,23)(H,22,24)/t17-,18-/m1/s1. The predicted octanol–water partition coefficient (Wildman–Crippen LogP) is 0.536. The number of rotatable bonds is 11. The molecule has 2 aromatic carbocycles. The molecule has 174 valence electrons. The molecule has 2 rings (SSSR count). The van der Waals surface area contributed by atoms with E-state index in [2.05, 4.69) is 10.6 Å². The summed E-state index contributed by atoms with van der Waals surface area (Å²) < 4.78 is 55.8. The van der Waals surface area contributed by atoms with E-state index in [1.165, 1.54) is 24.3 Å². The SMILES string of the molecule is CS(=O)(=O)OC[C@@H](NC(=O)c1ccccc1)[C@@H](COS(C)(=O)=O)NC(=O)c1ccccc1. The Morgan fingerprint density at radius 2 is 1.00 bits per heavy atom. The lowest BCUT2D eigenvalue weighted by Crippen LogP contribution is -2.56. The molecule has 0 aliphatic carbocycles. The van der Waals surface area contributed by atoms with Gasteiger partial charge in [0.25, 0.3) is 32.1 Å². The number of carbonyl (C=O) groups is 2. The minimum atomic E-state index is -3.90. The molecule has 0 radical (unpaired) electrons. The van der Waals surface area contributed by atoms with Crippen LogP contribution in [0.5, 0.6) is 0 Å². The Kier molecular flexibility index (Phi) is 8.89. The normalized spacial score (nSPS) is 13.7. The van der Waals surface area contributed by atoms with Gasteiger partial charge in [-0.2, -0.15) is 16.8 Å². The highest BCUT2D eigenvalue weighted by molar-refractivity contribution is 7.86. The van der Waals surface area contributed by atoms with E-state index in [0.717, 1.165) is 12.5 Å². The molecular formula is C20H24N2O8S2. The third-order valence-corrected chi connectivity index (χ3v) is 5.24. The van der Waals surface area contributed by atoms with Gasteiger partial charge in [-0.05, 0) is 24.3 Å². The third kappa shape index (κ3) is 9.14. The second-order valence-electron chi connectivity index (χ2n) is 6.87. The average molecular weight is 485 g/mol. The molecule has 0 fully saturated rings. The summed E-state index contributed by atoms with van der Waals surface area (Å²) in [5.41, 5.74) is 0.544. The third-order valence-electron chi connectivity index (χ3n) is 4.11. The van der Waals surface area contributed by atoms with Crippen LogP contribution < -0.4 is 10.6 Å². The van der Waals surface area contributed by atoms with E-state index in [9.17, 15) is 26.4 Å². The Bertz CT molecular complexity index is 1030. The summed E-state index contributed by atoms with van der Waals surface area (Å²) in [5.74, 6) is -1.16. The van der Waals surface area contributed by atoms with Crippen LogP contribution in [0.15, 0.2) is 60.7 Å². The van der Waals surface area contributed by atoms with Crippen molar-refractivity contribution in [2.24, 2.45) is 0 Å². The molecule has 0 saturated carbocycles. The molecule has 0 aliphatic heterocycles. The summed E-state index contributed by atoms with van der Waals surface area (Å²) in [6.07, 6.45) is 1.65. The van der Waals surface area contributed by atoms with Crippen LogP contribution in [0.4, 0.5) is 0 Å². The van der Waals surface area contributed by atoms with Crippen molar-refractivity contribution in [3.8, 4) is 0 Å². The van der Waals surface area contributed by atoms with Crippen molar-refractivity contribution in [1.29, 1.82) is 0 Å². The largest absolute Gasteiger partial charge is 0.345 e. The zero-order chi connectivity index (χ0) is 23.8. The molecule has 10 nitrogen and oxygen atoms in total. The first kappa shape index (κ1) is 25.5. The van der Waals surface area contributed by atoms with E-state index in [-0.39, 0.29) is 11.1 Å². The molecule has 0 aliphatic rings. The number of amides is 2. The monoisotopic (exact) mass is 484 g/mol. The van der Waals surface area contributed by atoms with Crippen molar-refractivity contribution >= 4 is 32.1 Å². The van der Waals surface area contributed by atoms with Crippen LogP contribution in [0.2, 0.25) is 0 Å². The molecule has 0 unspecified atom stereocenters. The summed E-state index contributed by atoms with van der Waals surface area (Å²) >= 11 is 0. The summed E-state index contributed by atoms with van der Waals surface area (Å²) in [6, 6.07) is 13.8. The van der Waals surface area contributed by atoms with Crippen LogP contribution in [-0.4, -0.2) is 66.5 Å². The topological polar surface area (TPSA) is 145 Å². The van der Waals surface area contributed by atoms with Crippen LogP contribution in [0, 0.1) is 0 Å². The molecule has 2 aromatic rings. The van der Waals surface area contributed by atoms with Gasteiger partial charge in [0.2, 0.25) is 0 Å². The molecule has 32 heavy (non-hydrogen) atoms. The maximum absolute atomic E-state index is 12.7. The Hall–Kier alpha value is -2.80. The van der Waals surface area contributed by atoms with Crippen LogP contribution in [0.25, 0.3) is 0 Å². The number of hydrogen-bond acceptors (Lipinski definition) is 8. The molecule has 0 aromatic heterocycles. The fraction of sp³-hybridized carbons (Fsp3) is 0.300. The van der Waals surface area contributed by atoms with Gasteiger partial charge in [0.05, 0.1) is 37.8 Å². The molecule has 2 N–H and O–H groups in total. The van der Waals surface area contributed by atoms with Crippen LogP contribution in [0.3, 0.4) is 0 Å². The van der Waals surface area contributed by atoms with Crippen molar-refractivity contribution in [1.82, 2.24) is 10.6 Å². The van der Waals surface area contributed by atoms with Crippen molar-refractivity contribution in [3.05, 3.63) is 71.8 Å². The minimum Gasteiger partial charge on any atom is -0.345 e. The maximum atomic E-state index is 12.7. The summed E-state index contributed by atoms with van der Waals surface area (Å²) in [6.45, 7) is -1.13. The van der Waals surface area contributed by atoms with E-state index in [0.29, 0.717) is 0 Å². The highest BCUT2D eigenvalue weighted by Gasteiger charge is 2.29. The molecular weight excluding hydrogens is 460 g/mol. The van der Waals surface area contributed by atoms with Gasteiger partial charge in [0.1, 0.15) is 0 Å². The number of nitrogens with one attached hydrogen (secondary N) is 2. The lowest BCUT2D eigenvalue weighted by molar-refractivity contribution is 0.0834. The van der Waals surface area contributed by atoms with Gasteiger partial charge < -0.3 is 10.6 Å². The van der Waals surface area contributed by atoms with Gasteiger partial charge in [-0.25, -0.2) is 0 Å². The zero-order valence-corrected chi connectivity index (χ0v) is 19.1. The van der Waals surface area contributed by atoms with E-state index in [1.54, 1.807) is 36.4 Å². The summed E-state index contributed by atoms with van der Waals surface area (Å²) in [5, 5.41) is 5.16. The van der Waals surface area contributed by atoms with E-state index in [4.69, 9.17) is 8.37 Å². The summed E-state index contributed by atoms with van der Waals surface area (Å²) in [7, 11) is -7.80. The van der Waals surface area contributed by atoms with Gasteiger partial charge in [-0.15, -0.1) is 0 Å². The molecule has 0 saturated heterocycles. The summed E-state index contributed by atoms with van der Waals surface area (Å²) in [4.78, 5) is 25.3. The van der Waals surface area contributed by atoms with Crippen LogP contribution in [0.1, 0.15) is 20.7 Å². The van der Waals surface area contributed by atoms with Gasteiger partial charge in [-0.1, -0.05) is 36.4 Å². The number of carbonyl (C=O) groups excluding carboxylic acids is 2. The van der Waals surface area contributed by atoms with Crippen molar-refractivity contribution in [2.45, 2.75) is 12.1 Å². The Morgan fingerprint density at radius 1 is 0.688 bits per heavy atom. The molecule has 2 atom stereocenters. The van der Waals surface area contributed by atoms with Crippen molar-refractivity contribution < 1.29 is 34.8 Å². The first-order valence-corrected chi connectivity index (χ1v) is 13.0. The van der Waals surface area contributed by atoms with E-state index in [1.807, 2.05) is 0 Å². The van der Waals surface area contributed by atoms with Gasteiger partial charge in [0, 0.05) is 11.1 Å². The molecule has 0 spiro atoms. The molecule has 0 heterocycles. The quantitative estimate of drug-likeness (QED) is 0.440. The lowest BCUT2D eigenvalue weighted by Gasteiger charge is -2.28. The first-order chi connectivity index (χ1) is 14.9. The van der Waals surface area contributed by atoms with E-state index >= 15 is 0 Å². The molecule has 12 heteroatoms. The highest BCUT2D eigenvalue weighted by atomic mass is 32.2. The predicted molar refractivity (Wildman–Crippen MR) is 117 cm³/mol. The fourth-order valence-corrected chi connectivity index (χ4v) is 3.38. The van der Waals surface area contributed by atoms with Gasteiger partial charge in [0.15, 0.2) is 0 Å². The second-order valence-corrected chi connectivity index (χ2v) is 10.2. The first-order valence-electron chi connectivity index (χ1n) is 9.35. The van der Waals surface area contributed by atoms with Crippen molar-refractivity contribution in [2.75, 3.05) is 25.7 Å². The smallest absolute Gasteiger partial charge is 0.264 e. The molecule has 0 bridgehead atoms. The zero-order valence-electron chi connectivity index (χ0n) is 17.4. The Labute approximate surface area is 187 Å². The van der Waals surface area contributed by atoms with Crippen molar-refractivity contribution in [3.63, 3.8) is 0 Å². The second kappa shape index (κ2) is 11.2. The van der Waals surface area contributed by atoms with Gasteiger partial charge in [-0.3, -0.25) is 18.0 Å². The molecule has 2 amide bonds. The average Bonchev–Trinajstić information content (AvgIpc) is 2.74. The van der Waals surface area contributed by atoms with Gasteiger partial charge >= 0.3 is 0 Å². The lowest BCUT2D eigenvalue weighted by atomic mass is 10.1. The fourth-order valence-electron chi connectivity index (χ4n) is 2.59. The van der Waals surface area contributed by atoms with Crippen LogP contribution in [-0.2, 0) is 28.6 Å². The highest BCUT2D eigenvalue weighted by Crippen LogP contribution is 2.07. The number of benzene rings is 2. The minimum absolute atomic E-state index is 0.272. The Balaban J connectivity index is 2.31.